The highest BCUT2D eigenvalue weighted by Gasteiger charge is 2.04. The van der Waals surface area contributed by atoms with Gasteiger partial charge in [-0.1, -0.05) is 5.10 Å². The first kappa shape index (κ1) is 13.3. The Morgan fingerprint density at radius 2 is 2.00 bits per heavy atom. The number of H-pyrrole nitrogens is 1. The van der Waals surface area contributed by atoms with Crippen molar-refractivity contribution in [3.63, 3.8) is 0 Å². The Hall–Kier alpha value is -1.74. The molecule has 0 bridgehead atoms. The summed E-state index contributed by atoms with van der Waals surface area (Å²) in [6.45, 7) is 3.63. The van der Waals surface area contributed by atoms with E-state index in [-0.39, 0.29) is 0 Å². The number of nitrogens with zero attached hydrogens (tertiary/aromatic N) is 4. The summed E-state index contributed by atoms with van der Waals surface area (Å²) in [5.74, 6) is 0. The SMILES string of the molecule is CC(=NN=C=S)c1ccc(/C(C)=N/SC#N)[nH]1. The molecule has 0 amide bonds. The predicted octanol–water partition coefficient (Wildman–Crippen LogP) is 2.78. The summed E-state index contributed by atoms with van der Waals surface area (Å²) in [6.07, 6.45) is 0. The molecule has 0 aliphatic carbocycles. The smallest absolute Gasteiger partial charge is 0.157 e. The van der Waals surface area contributed by atoms with E-state index in [4.69, 9.17) is 5.26 Å². The number of nitrogens with one attached hydrogen (secondary N) is 1. The first-order valence-electron chi connectivity index (χ1n) is 4.60. The number of hydrogen-bond donors (Lipinski definition) is 1. The van der Waals surface area contributed by atoms with Gasteiger partial charge in [-0.15, -0.1) is 5.10 Å². The zero-order chi connectivity index (χ0) is 12.7. The van der Waals surface area contributed by atoms with Gasteiger partial charge in [0.05, 0.1) is 39.9 Å². The number of isothiocyanates is 1. The molecule has 86 valence electrons. The van der Waals surface area contributed by atoms with Crippen molar-refractivity contribution < 1.29 is 0 Å². The van der Waals surface area contributed by atoms with Gasteiger partial charge in [0.1, 0.15) is 0 Å². The van der Waals surface area contributed by atoms with Crippen LogP contribution in [0.4, 0.5) is 0 Å². The molecule has 0 spiro atoms. The van der Waals surface area contributed by atoms with Crippen LogP contribution in [0.2, 0.25) is 0 Å². The van der Waals surface area contributed by atoms with Crippen molar-refractivity contribution in [2.24, 2.45) is 14.6 Å². The molecule has 0 aliphatic heterocycles. The third-order valence-electron chi connectivity index (χ3n) is 1.93. The Bertz CT molecular complexity index is 543. The third-order valence-corrected chi connectivity index (χ3v) is 2.46. The quantitative estimate of drug-likeness (QED) is 0.298. The lowest BCUT2D eigenvalue weighted by molar-refractivity contribution is 1.23. The minimum Gasteiger partial charge on any atom is -0.352 e. The number of thiocarbonyl (C=S) groups is 1. The number of hydrogen-bond acceptors (Lipinski definition) is 6. The molecule has 1 N–H and O–H groups in total. The van der Waals surface area contributed by atoms with Gasteiger partial charge in [-0.3, -0.25) is 0 Å². The van der Waals surface area contributed by atoms with Crippen molar-refractivity contribution in [1.82, 2.24) is 4.98 Å². The Labute approximate surface area is 108 Å². The third kappa shape index (κ3) is 3.96. The molecule has 0 unspecified atom stereocenters. The summed E-state index contributed by atoms with van der Waals surface area (Å²) in [5, 5.41) is 19.8. The molecule has 0 saturated heterocycles. The van der Waals surface area contributed by atoms with Crippen LogP contribution >= 0.6 is 24.2 Å². The Kier molecular flexibility index (Phi) is 5.30. The summed E-state index contributed by atoms with van der Waals surface area (Å²) in [4.78, 5) is 3.12. The minimum atomic E-state index is 0.703. The molecule has 1 aromatic heterocycles. The van der Waals surface area contributed by atoms with E-state index in [1.165, 1.54) is 0 Å². The van der Waals surface area contributed by atoms with Gasteiger partial charge in [-0.05, 0) is 38.2 Å². The predicted molar refractivity (Wildman–Crippen MR) is 73.4 cm³/mol. The lowest BCUT2D eigenvalue weighted by Gasteiger charge is -1.95. The summed E-state index contributed by atoms with van der Waals surface area (Å²) in [6, 6.07) is 3.73. The second-order valence-corrected chi connectivity index (χ2v) is 3.75. The molecular weight excluding hydrogens is 254 g/mol. The normalized spacial score (nSPS) is 11.8. The number of nitriles is 1. The molecule has 0 aliphatic rings. The molecule has 0 fully saturated rings. The molecule has 1 rings (SSSR count). The van der Waals surface area contributed by atoms with E-state index in [0.717, 1.165) is 29.0 Å². The molecule has 17 heavy (non-hydrogen) atoms. The summed E-state index contributed by atoms with van der Waals surface area (Å²) >= 11 is 5.27. The molecule has 0 atom stereocenters. The second-order valence-electron chi connectivity index (χ2n) is 3.02. The second kappa shape index (κ2) is 6.76. The first-order valence-corrected chi connectivity index (χ1v) is 5.78. The van der Waals surface area contributed by atoms with Crippen LogP contribution in [0.3, 0.4) is 0 Å². The fraction of sp³-hybridized carbons (Fsp3) is 0.200. The van der Waals surface area contributed by atoms with Gasteiger partial charge in [-0.25, -0.2) is 4.40 Å². The van der Waals surface area contributed by atoms with Crippen molar-refractivity contribution in [3.05, 3.63) is 23.5 Å². The average molecular weight is 263 g/mol. The van der Waals surface area contributed by atoms with Gasteiger partial charge in [0.2, 0.25) is 0 Å². The van der Waals surface area contributed by atoms with Crippen molar-refractivity contribution in [3.8, 4) is 5.40 Å². The average Bonchev–Trinajstić information content (AvgIpc) is 2.82. The number of rotatable bonds is 4. The maximum absolute atomic E-state index is 8.40. The standard InChI is InChI=1S/C10H9N5S2/c1-7(14-12-6-16)9-3-4-10(13-9)8(2)15-17-5-11/h3-4,13H,1-2H3/b14-7?,15-8+. The van der Waals surface area contributed by atoms with E-state index in [1.807, 2.05) is 31.4 Å². The van der Waals surface area contributed by atoms with Gasteiger partial charge >= 0.3 is 0 Å². The molecule has 7 heteroatoms. The highest BCUT2D eigenvalue weighted by atomic mass is 32.2. The summed E-state index contributed by atoms with van der Waals surface area (Å²) < 4.78 is 4.00. The maximum atomic E-state index is 8.40. The van der Waals surface area contributed by atoms with Crippen LogP contribution in [-0.2, 0) is 0 Å². The summed E-state index contributed by atoms with van der Waals surface area (Å²) in [5.41, 5.74) is 3.11. The fourth-order valence-electron chi connectivity index (χ4n) is 1.10. The monoisotopic (exact) mass is 263 g/mol. The topological polar surface area (TPSA) is 76.7 Å². The van der Waals surface area contributed by atoms with Crippen LogP contribution in [0.5, 0.6) is 0 Å². The molecule has 1 aromatic rings. The zero-order valence-electron chi connectivity index (χ0n) is 9.26. The van der Waals surface area contributed by atoms with E-state index >= 15 is 0 Å². The van der Waals surface area contributed by atoms with Crippen LogP contribution < -0.4 is 0 Å². The van der Waals surface area contributed by atoms with Crippen molar-refractivity contribution in [2.75, 3.05) is 0 Å². The van der Waals surface area contributed by atoms with Crippen LogP contribution in [0, 0.1) is 10.7 Å². The van der Waals surface area contributed by atoms with E-state index in [0.29, 0.717) is 5.71 Å². The minimum absolute atomic E-state index is 0.703. The molecule has 0 aromatic carbocycles. The lowest BCUT2D eigenvalue weighted by Crippen LogP contribution is -1.98. The van der Waals surface area contributed by atoms with Crippen LogP contribution in [0.15, 0.2) is 26.7 Å². The van der Waals surface area contributed by atoms with E-state index in [1.54, 1.807) is 0 Å². The van der Waals surface area contributed by atoms with Crippen molar-refractivity contribution in [2.45, 2.75) is 13.8 Å². The van der Waals surface area contributed by atoms with Gasteiger partial charge in [0.15, 0.2) is 5.40 Å². The van der Waals surface area contributed by atoms with Crippen molar-refractivity contribution >= 4 is 40.8 Å². The molecule has 0 saturated carbocycles. The Morgan fingerprint density at radius 1 is 1.35 bits per heavy atom. The molecular formula is C10H9N5S2. The largest absolute Gasteiger partial charge is 0.352 e. The van der Waals surface area contributed by atoms with Crippen LogP contribution in [0.25, 0.3) is 0 Å². The Morgan fingerprint density at radius 3 is 2.59 bits per heavy atom. The van der Waals surface area contributed by atoms with Crippen LogP contribution in [0.1, 0.15) is 25.2 Å². The number of aromatic nitrogens is 1. The fourth-order valence-corrected chi connectivity index (χ4v) is 1.42. The first-order chi connectivity index (χ1) is 8.19. The Balaban J connectivity index is 2.93. The summed E-state index contributed by atoms with van der Waals surface area (Å²) in [7, 11) is 0. The molecule has 0 radical (unpaired) electrons. The van der Waals surface area contributed by atoms with E-state index in [9.17, 15) is 0 Å². The van der Waals surface area contributed by atoms with Gasteiger partial charge in [0, 0.05) is 0 Å². The highest BCUT2D eigenvalue weighted by molar-refractivity contribution is 8.02. The lowest BCUT2D eigenvalue weighted by atomic mass is 10.3. The van der Waals surface area contributed by atoms with Gasteiger partial charge < -0.3 is 4.98 Å². The van der Waals surface area contributed by atoms with Crippen molar-refractivity contribution in [1.29, 1.82) is 5.26 Å². The van der Waals surface area contributed by atoms with Gasteiger partial charge in [-0.2, -0.15) is 5.26 Å². The highest BCUT2D eigenvalue weighted by Crippen LogP contribution is 2.08. The van der Waals surface area contributed by atoms with E-state index < -0.39 is 0 Å². The number of thiocyanates is 1. The number of aromatic amines is 1. The van der Waals surface area contributed by atoms with E-state index in [2.05, 4.69) is 37.0 Å². The van der Waals surface area contributed by atoms with Crippen LogP contribution in [-0.4, -0.2) is 21.6 Å². The maximum Gasteiger partial charge on any atom is 0.157 e. The molecule has 1 heterocycles. The zero-order valence-corrected chi connectivity index (χ0v) is 10.9. The molecule has 5 nitrogen and oxygen atoms in total. The van der Waals surface area contributed by atoms with Gasteiger partial charge in [0.25, 0.3) is 0 Å².